The Labute approximate surface area is 178 Å². The molecule has 0 atom stereocenters. The van der Waals surface area contributed by atoms with Crippen molar-refractivity contribution in [2.45, 2.75) is 0 Å². The topological polar surface area (TPSA) is 177 Å². The van der Waals surface area contributed by atoms with Crippen LogP contribution in [0.2, 0.25) is 0 Å². The van der Waals surface area contributed by atoms with Crippen LogP contribution in [-0.4, -0.2) is 23.3 Å². The molecule has 0 spiro atoms. The number of fused-ring (bicyclic) bond motifs is 1. The fourth-order valence-electron chi connectivity index (χ4n) is 3.19. The van der Waals surface area contributed by atoms with Crippen LogP contribution < -0.4 is 31.8 Å². The largest absolute Gasteiger partial charge is 0.497 e. The number of nitriles is 1. The zero-order chi connectivity index (χ0) is 22.3. The van der Waals surface area contributed by atoms with E-state index in [1.807, 2.05) is 6.07 Å². The van der Waals surface area contributed by atoms with Gasteiger partial charge in [-0.1, -0.05) is 10.7 Å². The summed E-state index contributed by atoms with van der Waals surface area (Å²) in [6.07, 6.45) is 0. The molecule has 0 radical (unpaired) electrons. The average Bonchev–Trinajstić information content (AvgIpc) is 3.25. The molecule has 156 valence electrons. The Bertz CT molecular complexity index is 1440. The number of aromatic amines is 1. The van der Waals surface area contributed by atoms with Crippen molar-refractivity contribution in [3.8, 4) is 23.1 Å². The molecule has 0 bridgehead atoms. The number of hydrogen-bond acceptors (Lipinski definition) is 9. The number of aromatic nitrogens is 3. The Morgan fingerprint density at radius 3 is 2.84 bits per heavy atom. The van der Waals surface area contributed by atoms with E-state index in [1.165, 1.54) is 18.8 Å². The molecule has 0 saturated carbocycles. The molecule has 3 aromatic heterocycles. The molecule has 0 fully saturated rings. The van der Waals surface area contributed by atoms with Crippen LogP contribution in [0.3, 0.4) is 0 Å². The van der Waals surface area contributed by atoms with Gasteiger partial charge in [-0.05, 0) is 17.4 Å². The first kappa shape index (κ1) is 19.9. The fourth-order valence-corrected chi connectivity index (χ4v) is 4.20. The summed E-state index contributed by atoms with van der Waals surface area (Å²) < 4.78 is 11.3. The second-order valence-electron chi connectivity index (χ2n) is 6.46. The van der Waals surface area contributed by atoms with Crippen LogP contribution in [-0.2, 0) is 7.05 Å². The van der Waals surface area contributed by atoms with Crippen LogP contribution in [0.1, 0.15) is 15.2 Å². The fraction of sp³-hybridized carbons (Fsp3) is 0.105. The summed E-state index contributed by atoms with van der Waals surface area (Å²) in [7, 11) is 3.05. The second-order valence-corrected chi connectivity index (χ2v) is 7.46. The zero-order valence-corrected chi connectivity index (χ0v) is 17.2. The van der Waals surface area contributed by atoms with Crippen LogP contribution in [0.15, 0.2) is 33.6 Å². The summed E-state index contributed by atoms with van der Waals surface area (Å²) in [4.78, 5) is 29.9. The molecule has 6 N–H and O–H groups in total. The maximum atomic E-state index is 12.9. The highest BCUT2D eigenvalue weighted by atomic mass is 32.1. The third-order valence-electron chi connectivity index (χ3n) is 4.59. The Kier molecular flexibility index (Phi) is 4.80. The molecule has 0 aliphatic heterocycles. The number of benzene rings is 1. The molecule has 0 saturated heterocycles. The molecule has 4 aromatic rings. The number of pyridine rings is 1. The summed E-state index contributed by atoms with van der Waals surface area (Å²) in [5, 5.41) is 15.1. The molecule has 31 heavy (non-hydrogen) atoms. The van der Waals surface area contributed by atoms with Gasteiger partial charge in [-0.25, -0.2) is 9.78 Å². The monoisotopic (exact) mass is 438 g/mol. The number of amides is 1. The lowest BCUT2D eigenvalue weighted by atomic mass is 10.0. The third-order valence-corrected chi connectivity index (χ3v) is 5.69. The Balaban J connectivity index is 1.91. The Morgan fingerprint density at radius 1 is 1.42 bits per heavy atom. The van der Waals surface area contributed by atoms with Crippen molar-refractivity contribution in [1.29, 1.82) is 5.26 Å². The number of carbonyl (C=O) groups excluding carboxylic acids is 1. The van der Waals surface area contributed by atoms with Crippen LogP contribution in [0.4, 0.5) is 17.2 Å². The van der Waals surface area contributed by atoms with Crippen molar-refractivity contribution >= 4 is 44.7 Å². The van der Waals surface area contributed by atoms with Gasteiger partial charge in [-0.2, -0.15) is 5.26 Å². The number of carbonyl (C=O) groups is 1. The van der Waals surface area contributed by atoms with Crippen molar-refractivity contribution in [2.75, 3.05) is 23.9 Å². The van der Waals surface area contributed by atoms with Gasteiger partial charge in [0, 0.05) is 11.8 Å². The smallest absolute Gasteiger partial charge is 0.435 e. The zero-order valence-electron chi connectivity index (χ0n) is 16.3. The molecule has 3 heterocycles. The SMILES string of the molecule is COc1cccc(NC(=O)c2sc3nc(N)c(C#N)c(-c4c(=O)o[nH][n+]4C)c3c2N)c1. The molecule has 0 aliphatic carbocycles. The maximum Gasteiger partial charge on any atom is 0.435 e. The number of nitrogens with zero attached hydrogens (tertiary/aromatic N) is 3. The molecule has 0 unspecified atom stereocenters. The van der Waals surface area contributed by atoms with Gasteiger partial charge >= 0.3 is 11.3 Å². The van der Waals surface area contributed by atoms with E-state index in [9.17, 15) is 14.9 Å². The standard InChI is InChI=1S/C19H15N7O4S/c1-26-14(19(28)30-25-26)11-10(7-20)16(22)24-18-12(11)13(21)15(31-18)17(27)23-8-4-3-5-9(6-8)29-2/h3-6H,1-2H3,(H5-,21,22,23,24,25,27,28)/p+1. The summed E-state index contributed by atoms with van der Waals surface area (Å²) in [5.74, 6) is -0.00181. The number of nitrogens with one attached hydrogen (secondary N) is 2. The molecule has 12 heteroatoms. The lowest BCUT2D eigenvalue weighted by Gasteiger charge is -2.06. The number of aryl methyl sites for hydroxylation is 1. The summed E-state index contributed by atoms with van der Waals surface area (Å²) in [6, 6.07) is 8.78. The molecule has 1 aromatic carbocycles. The van der Waals surface area contributed by atoms with Gasteiger partial charge in [0.1, 0.15) is 32.9 Å². The van der Waals surface area contributed by atoms with Crippen LogP contribution in [0.5, 0.6) is 5.75 Å². The van der Waals surface area contributed by atoms with Gasteiger partial charge < -0.3 is 21.5 Å². The molecular formula is C19H16N7O4S+. The number of H-pyrrole nitrogens is 1. The lowest BCUT2D eigenvalue weighted by Crippen LogP contribution is -2.34. The van der Waals surface area contributed by atoms with Crippen molar-refractivity contribution < 1.29 is 18.7 Å². The van der Waals surface area contributed by atoms with E-state index in [4.69, 9.17) is 20.7 Å². The first-order chi connectivity index (χ1) is 14.8. The van der Waals surface area contributed by atoms with Crippen LogP contribution >= 0.6 is 11.3 Å². The first-order valence-electron chi connectivity index (χ1n) is 8.80. The van der Waals surface area contributed by atoms with E-state index in [0.717, 1.165) is 11.3 Å². The summed E-state index contributed by atoms with van der Waals surface area (Å²) in [6.45, 7) is 0. The minimum Gasteiger partial charge on any atom is -0.497 e. The second kappa shape index (κ2) is 7.47. The van der Waals surface area contributed by atoms with E-state index < -0.39 is 11.5 Å². The predicted molar refractivity (Wildman–Crippen MR) is 114 cm³/mol. The number of nitrogen functional groups attached to an aromatic ring is 2. The lowest BCUT2D eigenvalue weighted by molar-refractivity contribution is -0.730. The minimum atomic E-state index is -0.723. The number of rotatable bonds is 4. The maximum absolute atomic E-state index is 12.9. The molecule has 4 rings (SSSR count). The number of thiophene rings is 1. The average molecular weight is 438 g/mol. The highest BCUT2D eigenvalue weighted by molar-refractivity contribution is 7.21. The number of methoxy groups -OCH3 is 1. The third kappa shape index (κ3) is 3.22. The van der Waals surface area contributed by atoms with E-state index in [2.05, 4.69) is 15.6 Å². The van der Waals surface area contributed by atoms with Crippen molar-refractivity contribution in [1.82, 2.24) is 10.3 Å². The quantitative estimate of drug-likeness (QED) is 0.345. The van der Waals surface area contributed by atoms with Gasteiger partial charge in [0.15, 0.2) is 7.05 Å². The van der Waals surface area contributed by atoms with E-state index in [-0.39, 0.29) is 38.6 Å². The highest BCUT2D eigenvalue weighted by Gasteiger charge is 2.32. The number of anilines is 3. The normalized spacial score (nSPS) is 10.7. The number of hydrogen-bond donors (Lipinski definition) is 4. The van der Waals surface area contributed by atoms with Crippen molar-refractivity contribution in [3.63, 3.8) is 0 Å². The van der Waals surface area contributed by atoms with E-state index in [1.54, 1.807) is 24.3 Å². The van der Waals surface area contributed by atoms with Crippen molar-refractivity contribution in [2.24, 2.45) is 7.05 Å². The molecule has 1 amide bonds. The van der Waals surface area contributed by atoms with E-state index in [0.29, 0.717) is 16.3 Å². The Hall–Kier alpha value is -4.37. The predicted octanol–water partition coefficient (Wildman–Crippen LogP) is 1.37. The van der Waals surface area contributed by atoms with Gasteiger partial charge in [-0.3, -0.25) is 9.32 Å². The first-order valence-corrected chi connectivity index (χ1v) is 9.62. The Morgan fingerprint density at radius 2 is 2.19 bits per heavy atom. The minimum absolute atomic E-state index is 0.0277. The van der Waals surface area contributed by atoms with Gasteiger partial charge in [-0.15, -0.1) is 11.3 Å². The summed E-state index contributed by atoms with van der Waals surface area (Å²) in [5.41, 5.74) is 12.3. The number of nitrogens with two attached hydrogens (primary N) is 2. The molecular weight excluding hydrogens is 422 g/mol. The summed E-state index contributed by atoms with van der Waals surface area (Å²) >= 11 is 0.997. The van der Waals surface area contributed by atoms with Gasteiger partial charge in [0.2, 0.25) is 0 Å². The number of ether oxygens (including phenoxy) is 1. The highest BCUT2D eigenvalue weighted by Crippen LogP contribution is 2.41. The van der Waals surface area contributed by atoms with Crippen LogP contribution in [0.25, 0.3) is 21.5 Å². The van der Waals surface area contributed by atoms with E-state index >= 15 is 0 Å². The van der Waals surface area contributed by atoms with Gasteiger partial charge in [0.25, 0.3) is 5.91 Å². The van der Waals surface area contributed by atoms with Crippen LogP contribution in [0, 0.1) is 11.3 Å². The van der Waals surface area contributed by atoms with Crippen molar-refractivity contribution in [3.05, 3.63) is 45.1 Å². The molecule has 0 aliphatic rings. The molecule has 11 nitrogen and oxygen atoms in total. The van der Waals surface area contributed by atoms with Gasteiger partial charge in [0.05, 0.1) is 23.7 Å².